The lowest BCUT2D eigenvalue weighted by Gasteiger charge is -2.68. The van der Waals surface area contributed by atoms with E-state index in [9.17, 15) is 9.18 Å². The minimum atomic E-state index is -0.253. The fourth-order valence-corrected chi connectivity index (χ4v) is 5.33. The Labute approximate surface area is 143 Å². The number of carbonyl (C=O) groups is 1. The highest BCUT2D eigenvalue weighted by Crippen LogP contribution is 2.57. The van der Waals surface area contributed by atoms with E-state index in [1.807, 2.05) is 12.1 Å². The summed E-state index contributed by atoms with van der Waals surface area (Å²) in [4.78, 5) is 18.4. The molecule has 1 aromatic rings. The Morgan fingerprint density at radius 1 is 0.917 bits per heavy atom. The third-order valence-electron chi connectivity index (χ3n) is 6.92. The highest BCUT2D eigenvalue weighted by Gasteiger charge is 2.67. The van der Waals surface area contributed by atoms with Gasteiger partial charge in [0.1, 0.15) is 5.82 Å². The maximum atomic E-state index is 13.5. The first-order chi connectivity index (χ1) is 11.3. The van der Waals surface area contributed by atoms with Crippen LogP contribution in [0.15, 0.2) is 24.3 Å². The van der Waals surface area contributed by atoms with Crippen molar-refractivity contribution < 1.29 is 9.18 Å². The zero-order valence-corrected chi connectivity index (χ0v) is 15.1. The molecule has 4 fully saturated rings. The largest absolute Gasteiger partial charge is 0.298 e. The molecule has 4 heterocycles. The van der Waals surface area contributed by atoms with Crippen molar-refractivity contribution in [3.05, 3.63) is 35.6 Å². The van der Waals surface area contributed by atoms with E-state index in [1.165, 1.54) is 0 Å². The van der Waals surface area contributed by atoms with E-state index in [0.29, 0.717) is 17.6 Å². The van der Waals surface area contributed by atoms with Crippen molar-refractivity contribution in [3.8, 4) is 0 Å². The van der Waals surface area contributed by atoms with Crippen LogP contribution in [0, 0.1) is 28.5 Å². The van der Waals surface area contributed by atoms with Crippen LogP contribution in [0.2, 0.25) is 0 Å². The fourth-order valence-electron chi connectivity index (χ4n) is 5.33. The number of carbonyl (C=O) groups excluding carboxylic acids is 1. The number of halogens is 1. The Bertz CT molecular complexity index is 621. The molecule has 5 rings (SSSR count). The third-order valence-corrected chi connectivity index (χ3v) is 6.92. The van der Waals surface area contributed by atoms with Crippen LogP contribution in [0.3, 0.4) is 0 Å². The number of ketones is 1. The molecule has 0 N–H and O–H groups in total. The van der Waals surface area contributed by atoms with Crippen LogP contribution in [-0.4, -0.2) is 41.8 Å². The molecule has 4 aliphatic rings. The molecule has 4 bridgehead atoms. The topological polar surface area (TPSA) is 23.6 Å². The highest BCUT2D eigenvalue weighted by molar-refractivity contribution is 5.94. The standard InChI is InChI=1S/C20H27FN2O/c1-13(2)19-9-22-11-20(14(3)4,18(19)24)12-23(10-19)17(22)15-5-7-16(21)8-6-15/h5-8,13-14,17H,9-12H2,1-4H3. The van der Waals surface area contributed by atoms with Gasteiger partial charge in [-0.25, -0.2) is 4.39 Å². The molecule has 0 radical (unpaired) electrons. The summed E-state index contributed by atoms with van der Waals surface area (Å²) in [6, 6.07) is 6.89. The van der Waals surface area contributed by atoms with Crippen molar-refractivity contribution in [2.45, 2.75) is 33.9 Å². The Kier molecular flexibility index (Phi) is 3.46. The molecule has 0 aliphatic carbocycles. The van der Waals surface area contributed by atoms with Gasteiger partial charge in [-0.15, -0.1) is 0 Å². The van der Waals surface area contributed by atoms with Crippen molar-refractivity contribution in [1.29, 1.82) is 0 Å². The van der Waals surface area contributed by atoms with Gasteiger partial charge in [-0.2, -0.15) is 0 Å². The summed E-state index contributed by atoms with van der Waals surface area (Å²) in [7, 11) is 0. The number of hydrogen-bond acceptors (Lipinski definition) is 3. The number of rotatable bonds is 3. The molecule has 0 amide bonds. The fraction of sp³-hybridized carbons (Fsp3) is 0.650. The van der Waals surface area contributed by atoms with Crippen LogP contribution in [0.25, 0.3) is 0 Å². The van der Waals surface area contributed by atoms with Gasteiger partial charge in [-0.1, -0.05) is 39.8 Å². The summed E-state index contributed by atoms with van der Waals surface area (Å²) in [5.41, 5.74) is 0.634. The number of piperidine rings is 2. The maximum Gasteiger partial charge on any atom is 0.150 e. The van der Waals surface area contributed by atoms with E-state index in [0.717, 1.165) is 31.7 Å². The van der Waals surface area contributed by atoms with Crippen molar-refractivity contribution in [1.82, 2.24) is 9.80 Å². The van der Waals surface area contributed by atoms with Crippen LogP contribution in [0.5, 0.6) is 0 Å². The second-order valence-electron chi connectivity index (χ2n) is 8.69. The van der Waals surface area contributed by atoms with Gasteiger partial charge in [0, 0.05) is 26.2 Å². The average molecular weight is 330 g/mol. The Morgan fingerprint density at radius 3 is 1.71 bits per heavy atom. The van der Waals surface area contributed by atoms with Crippen LogP contribution >= 0.6 is 0 Å². The Hall–Kier alpha value is -1.26. The first kappa shape index (κ1) is 16.2. The summed E-state index contributed by atoms with van der Waals surface area (Å²) in [6.07, 6.45) is 0.178. The lowest BCUT2D eigenvalue weighted by Crippen LogP contribution is -2.78. The normalized spacial score (nSPS) is 40.8. The van der Waals surface area contributed by atoms with E-state index < -0.39 is 0 Å². The second kappa shape index (κ2) is 5.12. The molecular formula is C20H27FN2O. The molecule has 4 aliphatic heterocycles. The van der Waals surface area contributed by atoms with Gasteiger partial charge in [0.25, 0.3) is 0 Å². The SMILES string of the molecule is CC(C)C12CN3CC(C(C)C)(CN(C1)C3c1ccc(F)cc1)C2=O. The third kappa shape index (κ3) is 1.93. The summed E-state index contributed by atoms with van der Waals surface area (Å²) in [5, 5.41) is 0. The smallest absolute Gasteiger partial charge is 0.150 e. The number of benzene rings is 1. The van der Waals surface area contributed by atoms with Crippen molar-refractivity contribution in [3.63, 3.8) is 0 Å². The van der Waals surface area contributed by atoms with E-state index in [-0.39, 0.29) is 22.8 Å². The zero-order valence-electron chi connectivity index (χ0n) is 15.1. The summed E-state index contributed by atoms with van der Waals surface area (Å²) in [6.45, 7) is 12.1. The van der Waals surface area contributed by atoms with Gasteiger partial charge < -0.3 is 0 Å². The maximum absolute atomic E-state index is 13.5. The molecule has 0 unspecified atom stereocenters. The van der Waals surface area contributed by atoms with Crippen LogP contribution in [0.4, 0.5) is 4.39 Å². The number of nitrogens with zero attached hydrogens (tertiary/aromatic N) is 2. The van der Waals surface area contributed by atoms with E-state index in [1.54, 1.807) is 12.1 Å². The monoisotopic (exact) mass is 330 g/mol. The first-order valence-corrected chi connectivity index (χ1v) is 9.09. The number of Topliss-reactive ketones (excluding diaryl/α,β-unsaturated/α-hetero) is 1. The van der Waals surface area contributed by atoms with Gasteiger partial charge in [-0.05, 0) is 29.5 Å². The van der Waals surface area contributed by atoms with Crippen molar-refractivity contribution >= 4 is 5.78 Å². The Balaban J connectivity index is 1.78. The average Bonchev–Trinajstić information content (AvgIpc) is 2.52. The van der Waals surface area contributed by atoms with Gasteiger partial charge in [0.15, 0.2) is 5.78 Å². The quantitative estimate of drug-likeness (QED) is 0.849. The lowest BCUT2D eigenvalue weighted by atomic mass is 9.53. The van der Waals surface area contributed by atoms with Crippen LogP contribution in [-0.2, 0) is 4.79 Å². The van der Waals surface area contributed by atoms with Gasteiger partial charge in [-0.3, -0.25) is 14.6 Å². The molecule has 1 aromatic carbocycles. The minimum absolute atomic E-state index is 0.178. The first-order valence-electron chi connectivity index (χ1n) is 9.09. The van der Waals surface area contributed by atoms with Crippen LogP contribution < -0.4 is 0 Å². The summed E-state index contributed by atoms with van der Waals surface area (Å²) >= 11 is 0. The second-order valence-corrected chi connectivity index (χ2v) is 8.69. The van der Waals surface area contributed by atoms with Gasteiger partial charge in [0.2, 0.25) is 0 Å². The van der Waals surface area contributed by atoms with Gasteiger partial charge >= 0.3 is 0 Å². The molecule has 3 nitrogen and oxygen atoms in total. The minimum Gasteiger partial charge on any atom is -0.298 e. The predicted molar refractivity (Wildman–Crippen MR) is 91.8 cm³/mol. The summed E-state index contributed by atoms with van der Waals surface area (Å²) in [5.74, 6) is 0.968. The number of hydrogen-bond donors (Lipinski definition) is 0. The van der Waals surface area contributed by atoms with Crippen molar-refractivity contribution in [2.24, 2.45) is 22.7 Å². The molecule has 0 spiro atoms. The lowest BCUT2D eigenvalue weighted by molar-refractivity contribution is -0.217. The van der Waals surface area contributed by atoms with E-state index in [4.69, 9.17) is 0 Å². The van der Waals surface area contributed by atoms with E-state index >= 15 is 0 Å². The molecule has 24 heavy (non-hydrogen) atoms. The van der Waals surface area contributed by atoms with Gasteiger partial charge in [0.05, 0.1) is 17.0 Å². The Morgan fingerprint density at radius 2 is 1.33 bits per heavy atom. The molecule has 0 atom stereocenters. The molecule has 4 heteroatoms. The predicted octanol–water partition coefficient (Wildman–Crippen LogP) is 3.32. The highest BCUT2D eigenvalue weighted by atomic mass is 19.1. The van der Waals surface area contributed by atoms with E-state index in [2.05, 4.69) is 37.5 Å². The zero-order chi connectivity index (χ0) is 17.3. The van der Waals surface area contributed by atoms with Crippen LogP contribution in [0.1, 0.15) is 39.4 Å². The summed E-state index contributed by atoms with van der Waals surface area (Å²) < 4.78 is 13.3. The molecule has 0 aromatic heterocycles. The molecule has 4 saturated heterocycles. The van der Waals surface area contributed by atoms with Crippen molar-refractivity contribution in [2.75, 3.05) is 26.2 Å². The molecular weight excluding hydrogens is 303 g/mol. The molecule has 0 saturated carbocycles. The molecule has 130 valence electrons.